The molecule has 0 saturated heterocycles. The van der Waals surface area contributed by atoms with Gasteiger partial charge in [-0.3, -0.25) is 0 Å². The molecule has 0 aromatic heterocycles. The summed E-state index contributed by atoms with van der Waals surface area (Å²) in [6.07, 6.45) is 4.22. The predicted molar refractivity (Wildman–Crippen MR) is 58.1 cm³/mol. The maximum Gasteiger partial charge on any atom is 0.327 e. The van der Waals surface area contributed by atoms with E-state index in [1.807, 2.05) is 0 Å². The van der Waals surface area contributed by atoms with Gasteiger partial charge in [0.05, 0.1) is 0 Å². The zero-order chi connectivity index (χ0) is 13.6. The van der Waals surface area contributed by atoms with E-state index in [0.717, 1.165) is 18.2 Å². The molecule has 0 amide bonds. The van der Waals surface area contributed by atoms with E-state index in [1.165, 1.54) is 6.08 Å². The highest BCUT2D eigenvalue weighted by atomic mass is 16.4. The Balaban J connectivity index is -0.000000160. The van der Waals surface area contributed by atoms with Gasteiger partial charge in [0, 0.05) is 18.2 Å². The summed E-state index contributed by atoms with van der Waals surface area (Å²) in [4.78, 5) is 28.0. The van der Waals surface area contributed by atoms with Crippen molar-refractivity contribution in [2.24, 2.45) is 0 Å². The lowest BCUT2D eigenvalue weighted by Gasteiger charge is -1.68. The zero-order valence-electron chi connectivity index (χ0n) is 8.79. The van der Waals surface area contributed by atoms with E-state index in [0.29, 0.717) is 0 Å². The third-order valence-corrected chi connectivity index (χ3v) is 0.658. The van der Waals surface area contributed by atoms with Crippen LogP contribution in [0.15, 0.2) is 37.5 Å². The number of allylic oxidation sites excluding steroid dienone is 1. The molecule has 0 aliphatic carbocycles. The first-order valence-corrected chi connectivity index (χ1v) is 3.88. The molecule has 0 aliphatic rings. The highest BCUT2D eigenvalue weighted by Gasteiger charge is 1.76. The third kappa shape index (κ3) is 61.3. The Bertz CT molecular complexity index is 259. The molecule has 6 nitrogen and oxygen atoms in total. The largest absolute Gasteiger partial charge is 0.478 e. The minimum atomic E-state index is -0.981. The molecule has 0 fully saturated rings. The molecule has 0 spiro atoms. The first-order chi connectivity index (χ1) is 7.31. The molecule has 0 heterocycles. The predicted octanol–water partition coefficient (Wildman–Crippen LogP) is 1.16. The van der Waals surface area contributed by atoms with Crippen molar-refractivity contribution in [3.8, 4) is 0 Å². The Morgan fingerprint density at radius 3 is 1.12 bits per heavy atom. The Hall–Kier alpha value is -2.37. The van der Waals surface area contributed by atoms with E-state index in [4.69, 9.17) is 15.3 Å². The quantitative estimate of drug-likeness (QED) is 0.627. The summed E-state index contributed by atoms with van der Waals surface area (Å²) in [5.74, 6) is -2.85. The van der Waals surface area contributed by atoms with E-state index < -0.39 is 17.9 Å². The summed E-state index contributed by atoms with van der Waals surface area (Å²) in [5, 5.41) is 23.0. The Morgan fingerprint density at radius 1 is 0.875 bits per heavy atom. The topological polar surface area (TPSA) is 112 Å². The highest BCUT2D eigenvalue weighted by Crippen LogP contribution is 1.65. The third-order valence-electron chi connectivity index (χ3n) is 0.658. The summed E-state index contributed by atoms with van der Waals surface area (Å²) in [6.45, 7) is 7.58. The normalized spacial score (nSPS) is 7.56. The lowest BCUT2D eigenvalue weighted by atomic mass is 10.5. The van der Waals surface area contributed by atoms with Crippen LogP contribution in [0.3, 0.4) is 0 Å². The van der Waals surface area contributed by atoms with E-state index in [2.05, 4.69) is 13.2 Å². The molecule has 0 unspecified atom stereocenters. The molecule has 6 heteroatoms. The average molecular weight is 230 g/mol. The maximum atomic E-state index is 9.51. The lowest BCUT2D eigenvalue weighted by molar-refractivity contribution is -0.132. The van der Waals surface area contributed by atoms with Gasteiger partial charge >= 0.3 is 17.9 Å². The molecule has 0 rings (SSSR count). The van der Waals surface area contributed by atoms with Gasteiger partial charge in [0.25, 0.3) is 0 Å². The Kier molecular flexibility index (Phi) is 18.2. The van der Waals surface area contributed by atoms with Crippen molar-refractivity contribution in [3.63, 3.8) is 0 Å². The van der Waals surface area contributed by atoms with Gasteiger partial charge in [0.2, 0.25) is 0 Å². The molecule has 3 N–H and O–H groups in total. The molecule has 0 aliphatic heterocycles. The van der Waals surface area contributed by atoms with Crippen LogP contribution in [-0.2, 0) is 14.4 Å². The average Bonchev–Trinajstić information content (AvgIpc) is 2.19. The number of carbonyl (C=O) groups is 3. The van der Waals surface area contributed by atoms with Gasteiger partial charge in [-0.25, -0.2) is 14.4 Å². The van der Waals surface area contributed by atoms with Crippen molar-refractivity contribution in [1.29, 1.82) is 0 Å². The van der Waals surface area contributed by atoms with Gasteiger partial charge in [-0.15, -0.1) is 0 Å². The molecule has 0 aromatic carbocycles. The van der Waals surface area contributed by atoms with Crippen molar-refractivity contribution in [2.75, 3.05) is 0 Å². The molecule has 16 heavy (non-hydrogen) atoms. The minimum Gasteiger partial charge on any atom is -0.478 e. The van der Waals surface area contributed by atoms with E-state index in [-0.39, 0.29) is 0 Å². The second-order valence-electron chi connectivity index (χ2n) is 1.92. The number of hydrogen-bond donors (Lipinski definition) is 3. The number of carboxylic acids is 3. The molecular formula is C10H14O6. The van der Waals surface area contributed by atoms with E-state index in [1.54, 1.807) is 6.92 Å². The van der Waals surface area contributed by atoms with Gasteiger partial charge < -0.3 is 15.3 Å². The minimum absolute atomic E-state index is 0.833. The molecular weight excluding hydrogens is 216 g/mol. The van der Waals surface area contributed by atoms with Gasteiger partial charge in [0.15, 0.2) is 0 Å². The summed E-state index contributed by atoms with van der Waals surface area (Å²) in [5.41, 5.74) is 0. The SMILES string of the molecule is C=CC(=O)O.C=CC(=O)O.CC=CC(=O)O. The number of carboxylic acid groups (broad SMARTS) is 3. The van der Waals surface area contributed by atoms with Crippen LogP contribution in [-0.4, -0.2) is 33.2 Å². The van der Waals surface area contributed by atoms with Crippen molar-refractivity contribution in [3.05, 3.63) is 37.5 Å². The summed E-state index contributed by atoms with van der Waals surface area (Å²) in [7, 11) is 0. The molecule has 0 saturated carbocycles. The number of rotatable bonds is 3. The molecule has 0 bridgehead atoms. The Morgan fingerprint density at radius 2 is 1.12 bits per heavy atom. The zero-order valence-corrected chi connectivity index (χ0v) is 8.79. The first-order valence-electron chi connectivity index (χ1n) is 3.88. The number of hydrogen-bond acceptors (Lipinski definition) is 3. The smallest absolute Gasteiger partial charge is 0.327 e. The second kappa shape index (κ2) is 15.1. The fourth-order valence-corrected chi connectivity index (χ4v) is 0.143. The van der Waals surface area contributed by atoms with E-state index in [9.17, 15) is 14.4 Å². The van der Waals surface area contributed by atoms with Crippen LogP contribution in [0.25, 0.3) is 0 Å². The van der Waals surface area contributed by atoms with Crippen LogP contribution in [0.2, 0.25) is 0 Å². The number of aliphatic carboxylic acids is 3. The van der Waals surface area contributed by atoms with Crippen LogP contribution in [0, 0.1) is 0 Å². The van der Waals surface area contributed by atoms with Crippen LogP contribution >= 0.6 is 0 Å². The Labute approximate surface area is 92.8 Å². The lowest BCUT2D eigenvalue weighted by Crippen LogP contribution is -1.83. The van der Waals surface area contributed by atoms with Crippen molar-refractivity contribution in [1.82, 2.24) is 0 Å². The van der Waals surface area contributed by atoms with Gasteiger partial charge in [0.1, 0.15) is 0 Å². The highest BCUT2D eigenvalue weighted by molar-refractivity contribution is 5.79. The van der Waals surface area contributed by atoms with Crippen LogP contribution in [0.5, 0.6) is 0 Å². The first kappa shape index (κ1) is 19.2. The fourth-order valence-electron chi connectivity index (χ4n) is 0.143. The van der Waals surface area contributed by atoms with Crippen molar-refractivity contribution < 1.29 is 29.7 Å². The maximum absolute atomic E-state index is 9.51. The molecule has 0 radical (unpaired) electrons. The summed E-state index contributed by atoms with van der Waals surface area (Å²) in [6, 6.07) is 0. The van der Waals surface area contributed by atoms with Crippen LogP contribution in [0.1, 0.15) is 6.92 Å². The standard InChI is InChI=1S/C4H6O2.2C3H4O2/c1-2-3-4(5)6;2*1-2-3(4)5/h2-3H,1H3,(H,5,6);2*2H,1H2,(H,4,5). The van der Waals surface area contributed by atoms with Gasteiger partial charge in [-0.1, -0.05) is 19.2 Å². The van der Waals surface area contributed by atoms with Gasteiger partial charge in [-0.05, 0) is 6.92 Å². The van der Waals surface area contributed by atoms with E-state index >= 15 is 0 Å². The van der Waals surface area contributed by atoms with Crippen molar-refractivity contribution in [2.45, 2.75) is 6.92 Å². The van der Waals surface area contributed by atoms with Crippen LogP contribution in [0.4, 0.5) is 0 Å². The molecule has 0 aromatic rings. The van der Waals surface area contributed by atoms with Crippen LogP contribution < -0.4 is 0 Å². The molecule has 90 valence electrons. The fraction of sp³-hybridized carbons (Fsp3) is 0.100. The summed E-state index contributed by atoms with van der Waals surface area (Å²) < 4.78 is 0. The molecule has 0 atom stereocenters. The van der Waals surface area contributed by atoms with Gasteiger partial charge in [-0.2, -0.15) is 0 Å². The van der Waals surface area contributed by atoms with Crippen molar-refractivity contribution >= 4 is 17.9 Å². The monoisotopic (exact) mass is 230 g/mol. The second-order valence-corrected chi connectivity index (χ2v) is 1.92. The summed E-state index contributed by atoms with van der Waals surface area (Å²) >= 11 is 0.